The Labute approximate surface area is 102 Å². The molecule has 0 saturated carbocycles. The SMILES string of the molecule is Cc1nc(-c2ccc(OS(=O)(=O)F)cc2)cs1. The molecule has 0 radical (unpaired) electrons. The monoisotopic (exact) mass is 273 g/mol. The molecule has 7 heteroatoms. The third kappa shape index (κ3) is 3.24. The summed E-state index contributed by atoms with van der Waals surface area (Å²) in [6.07, 6.45) is 0. The smallest absolute Gasteiger partial charge is 0.358 e. The Hall–Kier alpha value is -1.47. The summed E-state index contributed by atoms with van der Waals surface area (Å²) in [5.74, 6) is -0.0665. The minimum Gasteiger partial charge on any atom is -0.358 e. The fourth-order valence-corrected chi connectivity index (χ4v) is 2.26. The van der Waals surface area contributed by atoms with E-state index in [1.165, 1.54) is 23.5 Å². The van der Waals surface area contributed by atoms with Gasteiger partial charge in [0.15, 0.2) is 0 Å². The Morgan fingerprint density at radius 1 is 1.29 bits per heavy atom. The number of aryl methyl sites for hydroxylation is 1. The van der Waals surface area contributed by atoms with Crippen LogP contribution >= 0.6 is 11.3 Å². The Bertz CT molecular complexity index is 619. The van der Waals surface area contributed by atoms with Crippen molar-refractivity contribution in [1.82, 2.24) is 4.98 Å². The maximum atomic E-state index is 12.2. The molecule has 90 valence electrons. The molecule has 0 atom stereocenters. The lowest BCUT2D eigenvalue weighted by atomic mass is 10.2. The summed E-state index contributed by atoms with van der Waals surface area (Å²) in [6, 6.07) is 5.99. The highest BCUT2D eigenvalue weighted by Gasteiger charge is 2.09. The molecule has 17 heavy (non-hydrogen) atoms. The lowest BCUT2D eigenvalue weighted by Crippen LogP contribution is -2.00. The van der Waals surface area contributed by atoms with Crippen molar-refractivity contribution < 1.29 is 16.5 Å². The predicted octanol–water partition coefficient (Wildman–Crippen LogP) is 2.71. The van der Waals surface area contributed by atoms with E-state index in [-0.39, 0.29) is 5.75 Å². The fraction of sp³-hybridized carbons (Fsp3) is 0.100. The molecular formula is C10H8FNO3S2. The molecule has 0 aliphatic carbocycles. The number of rotatable bonds is 3. The highest BCUT2D eigenvalue weighted by Crippen LogP contribution is 2.24. The maximum absolute atomic E-state index is 12.2. The molecule has 1 heterocycles. The molecule has 0 aliphatic rings. The maximum Gasteiger partial charge on any atom is 0.488 e. The second kappa shape index (κ2) is 4.42. The average molecular weight is 273 g/mol. The molecule has 0 saturated heterocycles. The summed E-state index contributed by atoms with van der Waals surface area (Å²) in [6.45, 7) is 1.89. The van der Waals surface area contributed by atoms with Crippen LogP contribution in [-0.2, 0) is 10.5 Å². The normalized spacial score (nSPS) is 11.4. The summed E-state index contributed by atoms with van der Waals surface area (Å²) >= 11 is 1.52. The quantitative estimate of drug-likeness (QED) is 0.807. The van der Waals surface area contributed by atoms with Crippen molar-refractivity contribution in [1.29, 1.82) is 0 Å². The van der Waals surface area contributed by atoms with Gasteiger partial charge >= 0.3 is 10.5 Å². The standard InChI is InChI=1S/C10H8FNO3S2/c1-7-12-10(6-16-7)8-2-4-9(5-3-8)15-17(11,13)14/h2-6H,1H3. The predicted molar refractivity (Wildman–Crippen MR) is 62.9 cm³/mol. The van der Waals surface area contributed by atoms with Crippen LogP contribution in [0.1, 0.15) is 5.01 Å². The van der Waals surface area contributed by atoms with E-state index in [4.69, 9.17) is 0 Å². The van der Waals surface area contributed by atoms with Crippen molar-refractivity contribution in [2.75, 3.05) is 0 Å². The van der Waals surface area contributed by atoms with Crippen LogP contribution in [0.2, 0.25) is 0 Å². The molecule has 0 spiro atoms. The van der Waals surface area contributed by atoms with Gasteiger partial charge in [-0.05, 0) is 31.2 Å². The van der Waals surface area contributed by atoms with Crippen LogP contribution < -0.4 is 4.18 Å². The van der Waals surface area contributed by atoms with E-state index in [2.05, 4.69) is 9.17 Å². The van der Waals surface area contributed by atoms with Gasteiger partial charge in [-0.15, -0.1) is 11.3 Å². The van der Waals surface area contributed by atoms with Gasteiger partial charge in [0.25, 0.3) is 0 Å². The van der Waals surface area contributed by atoms with Gasteiger partial charge in [-0.25, -0.2) is 4.98 Å². The number of hydrogen-bond donors (Lipinski definition) is 0. The summed E-state index contributed by atoms with van der Waals surface area (Å²) < 4.78 is 36.8. The van der Waals surface area contributed by atoms with E-state index in [1.54, 1.807) is 12.1 Å². The van der Waals surface area contributed by atoms with Crippen molar-refractivity contribution in [3.63, 3.8) is 0 Å². The second-order valence-electron chi connectivity index (χ2n) is 3.25. The molecule has 0 fully saturated rings. The molecule has 0 N–H and O–H groups in total. The van der Waals surface area contributed by atoms with Gasteiger partial charge < -0.3 is 4.18 Å². The number of benzene rings is 1. The largest absolute Gasteiger partial charge is 0.488 e. The minimum atomic E-state index is -4.96. The molecule has 1 aromatic heterocycles. The van der Waals surface area contributed by atoms with Crippen LogP contribution in [0.25, 0.3) is 11.3 Å². The fourth-order valence-electron chi connectivity index (χ4n) is 1.29. The lowest BCUT2D eigenvalue weighted by molar-refractivity contribution is 0.440. The first kappa shape index (κ1) is 12.0. The van der Waals surface area contributed by atoms with Gasteiger partial charge in [0.1, 0.15) is 5.75 Å². The first-order chi connectivity index (χ1) is 7.94. The molecule has 0 bridgehead atoms. The number of hydrogen-bond acceptors (Lipinski definition) is 5. The van der Waals surface area contributed by atoms with Crippen LogP contribution in [-0.4, -0.2) is 13.4 Å². The zero-order valence-electron chi connectivity index (χ0n) is 8.75. The molecule has 0 aliphatic heterocycles. The van der Waals surface area contributed by atoms with Crippen LogP contribution in [0.15, 0.2) is 29.6 Å². The van der Waals surface area contributed by atoms with Gasteiger partial charge in [0, 0.05) is 10.9 Å². The van der Waals surface area contributed by atoms with Crippen LogP contribution in [0.3, 0.4) is 0 Å². The van der Waals surface area contributed by atoms with Crippen LogP contribution in [0, 0.1) is 6.92 Å². The number of halogens is 1. The highest BCUT2D eigenvalue weighted by atomic mass is 32.3. The van der Waals surface area contributed by atoms with E-state index in [9.17, 15) is 12.3 Å². The van der Waals surface area contributed by atoms with Crippen molar-refractivity contribution in [2.45, 2.75) is 6.92 Å². The Balaban J connectivity index is 2.24. The Morgan fingerprint density at radius 2 is 1.94 bits per heavy atom. The lowest BCUT2D eigenvalue weighted by Gasteiger charge is -2.00. The van der Waals surface area contributed by atoms with E-state index < -0.39 is 10.5 Å². The van der Waals surface area contributed by atoms with Crippen molar-refractivity contribution in [3.05, 3.63) is 34.7 Å². The van der Waals surface area contributed by atoms with Gasteiger partial charge in [-0.2, -0.15) is 8.42 Å². The van der Waals surface area contributed by atoms with Crippen molar-refractivity contribution in [3.8, 4) is 17.0 Å². The zero-order valence-corrected chi connectivity index (χ0v) is 10.4. The zero-order chi connectivity index (χ0) is 12.5. The average Bonchev–Trinajstić information content (AvgIpc) is 2.63. The van der Waals surface area contributed by atoms with Gasteiger partial charge in [0.2, 0.25) is 0 Å². The van der Waals surface area contributed by atoms with Gasteiger partial charge in [-0.3, -0.25) is 0 Å². The van der Waals surface area contributed by atoms with Crippen molar-refractivity contribution in [2.24, 2.45) is 0 Å². The van der Waals surface area contributed by atoms with E-state index >= 15 is 0 Å². The second-order valence-corrected chi connectivity index (χ2v) is 5.27. The Kier molecular flexibility index (Phi) is 3.12. The highest BCUT2D eigenvalue weighted by molar-refractivity contribution is 7.81. The third-order valence-corrected chi connectivity index (χ3v) is 3.13. The number of nitrogens with zero attached hydrogens (tertiary/aromatic N) is 1. The van der Waals surface area contributed by atoms with Crippen molar-refractivity contribution >= 4 is 21.8 Å². The van der Waals surface area contributed by atoms with Gasteiger partial charge in [0.05, 0.1) is 10.7 Å². The number of thiazole rings is 1. The first-order valence-electron chi connectivity index (χ1n) is 4.61. The van der Waals surface area contributed by atoms with Gasteiger partial charge in [-0.1, -0.05) is 3.89 Å². The molecule has 0 amide bonds. The van der Waals surface area contributed by atoms with Crippen LogP contribution in [0.5, 0.6) is 5.75 Å². The summed E-state index contributed by atoms with van der Waals surface area (Å²) in [4.78, 5) is 4.27. The molecular weight excluding hydrogens is 265 g/mol. The molecule has 2 rings (SSSR count). The molecule has 0 unspecified atom stereocenters. The minimum absolute atomic E-state index is 0.0665. The first-order valence-corrected chi connectivity index (χ1v) is 6.79. The number of aromatic nitrogens is 1. The molecule has 4 nitrogen and oxygen atoms in total. The molecule has 2 aromatic rings. The summed E-state index contributed by atoms with van der Waals surface area (Å²) in [5.41, 5.74) is 1.61. The van der Waals surface area contributed by atoms with E-state index in [0.717, 1.165) is 16.3 Å². The topological polar surface area (TPSA) is 56.3 Å². The summed E-state index contributed by atoms with van der Waals surface area (Å²) in [5, 5.41) is 2.82. The summed E-state index contributed by atoms with van der Waals surface area (Å²) in [7, 11) is -4.96. The third-order valence-electron chi connectivity index (χ3n) is 1.96. The van der Waals surface area contributed by atoms with E-state index in [1.807, 2.05) is 12.3 Å². The van der Waals surface area contributed by atoms with Crippen LogP contribution in [0.4, 0.5) is 3.89 Å². The van der Waals surface area contributed by atoms with E-state index in [0.29, 0.717) is 0 Å². The Morgan fingerprint density at radius 3 is 2.41 bits per heavy atom. The molecule has 1 aromatic carbocycles.